The minimum Gasteiger partial charge on any atom is -0.486 e. The Morgan fingerprint density at radius 3 is 2.72 bits per heavy atom. The average molecular weight is 406 g/mol. The highest BCUT2D eigenvalue weighted by atomic mass is 16.6. The molecule has 156 valence electrons. The number of carbonyl (C=O) groups is 3. The van der Waals surface area contributed by atoms with Gasteiger partial charge in [-0.15, -0.1) is 0 Å². The van der Waals surface area contributed by atoms with Gasteiger partial charge in [0.25, 0.3) is 5.91 Å². The molecule has 0 aromatic heterocycles. The molecule has 0 unspecified atom stereocenters. The first-order valence-corrected chi connectivity index (χ1v) is 9.33. The number of esters is 1. The number of nitro groups is 1. The van der Waals surface area contributed by atoms with Crippen LogP contribution in [0.3, 0.4) is 0 Å². The highest BCUT2D eigenvalue weighted by Crippen LogP contribution is 2.36. The summed E-state index contributed by atoms with van der Waals surface area (Å²) in [5.74, 6) is -1.78. The highest BCUT2D eigenvalue weighted by molar-refractivity contribution is 5.93. The average Bonchev–Trinajstić information content (AvgIpc) is 2.93. The zero-order chi connectivity index (χ0) is 21.0. The molecule has 0 bridgehead atoms. The lowest BCUT2D eigenvalue weighted by Crippen LogP contribution is -2.28. The van der Waals surface area contributed by atoms with E-state index in [1.54, 1.807) is 25.1 Å². The van der Waals surface area contributed by atoms with Crippen molar-refractivity contribution in [3.8, 4) is 11.5 Å². The Morgan fingerprint density at radius 2 is 2.00 bits per heavy atom. The number of nitrogens with one attached hydrogen (secondary N) is 1. The van der Waals surface area contributed by atoms with Crippen LogP contribution in [0.2, 0.25) is 0 Å². The van der Waals surface area contributed by atoms with Gasteiger partial charge in [0.15, 0.2) is 18.1 Å². The van der Waals surface area contributed by atoms with Crippen molar-refractivity contribution >= 4 is 23.3 Å². The number of anilines is 1. The van der Waals surface area contributed by atoms with Gasteiger partial charge in [0, 0.05) is 34.9 Å². The number of Topliss-reactive ketones (excluding diaryl/α,β-unsaturated/α-hetero) is 1. The summed E-state index contributed by atoms with van der Waals surface area (Å²) in [6.45, 7) is 1.74. The zero-order valence-corrected chi connectivity index (χ0v) is 15.9. The lowest BCUT2D eigenvalue weighted by Gasteiger charge is -2.19. The van der Waals surface area contributed by atoms with Gasteiger partial charge in [0.1, 0.15) is 19.0 Å². The Hall–Kier alpha value is -3.17. The fourth-order valence-corrected chi connectivity index (χ4v) is 3.70. The number of ether oxygens (including phenoxy) is 3. The fourth-order valence-electron chi connectivity index (χ4n) is 3.70. The maximum atomic E-state index is 12.1. The number of hydrogen-bond donors (Lipinski definition) is 1. The maximum Gasteiger partial charge on any atom is 0.307 e. The Labute approximate surface area is 166 Å². The van der Waals surface area contributed by atoms with Gasteiger partial charge in [0.2, 0.25) is 6.54 Å². The van der Waals surface area contributed by atoms with E-state index in [4.69, 9.17) is 14.2 Å². The number of ketones is 1. The molecular formula is C19H22N2O8. The van der Waals surface area contributed by atoms with Crippen molar-refractivity contribution in [2.75, 3.05) is 31.7 Å². The molecule has 0 saturated heterocycles. The van der Waals surface area contributed by atoms with Gasteiger partial charge >= 0.3 is 5.97 Å². The third kappa shape index (κ3) is 5.21. The fraction of sp³-hybridized carbons (Fsp3) is 0.526. The SMILES string of the molecule is C[C@@H]1CC(=O)[C@@H](CC(=O)OCC(=O)Nc2ccc3c(c2)OCCO3)[C@@H]1C[N+](=O)[O-]. The van der Waals surface area contributed by atoms with E-state index < -0.39 is 35.2 Å². The van der Waals surface area contributed by atoms with Gasteiger partial charge in [-0.3, -0.25) is 24.5 Å². The Kier molecular flexibility index (Phi) is 6.30. The molecule has 1 heterocycles. The van der Waals surface area contributed by atoms with Crippen molar-refractivity contribution in [2.45, 2.75) is 19.8 Å². The van der Waals surface area contributed by atoms with Crippen LogP contribution in [-0.4, -0.2) is 48.9 Å². The van der Waals surface area contributed by atoms with Crippen LogP contribution in [0.4, 0.5) is 5.69 Å². The summed E-state index contributed by atoms with van der Waals surface area (Å²) in [7, 11) is 0. The van der Waals surface area contributed by atoms with Crippen LogP contribution in [0.15, 0.2) is 18.2 Å². The molecule has 3 atom stereocenters. The zero-order valence-electron chi connectivity index (χ0n) is 15.9. The first-order valence-electron chi connectivity index (χ1n) is 9.33. The quantitative estimate of drug-likeness (QED) is 0.408. The molecule has 0 spiro atoms. The molecule has 1 amide bonds. The summed E-state index contributed by atoms with van der Waals surface area (Å²) >= 11 is 0. The molecule has 1 fully saturated rings. The van der Waals surface area contributed by atoms with Crippen molar-refractivity contribution in [2.24, 2.45) is 17.8 Å². The summed E-state index contributed by atoms with van der Waals surface area (Å²) in [5, 5.41) is 13.4. The Morgan fingerprint density at radius 1 is 1.28 bits per heavy atom. The standard InChI is InChI=1S/C19H22N2O8/c1-11-6-15(22)13(14(11)9-21(25)26)8-19(24)29-10-18(23)20-12-2-3-16-17(7-12)28-5-4-27-16/h2-3,7,11,13-14H,4-6,8-10H2,1H3,(H,20,23)/t11-,13+,14-/m1/s1. The first kappa shape index (κ1) is 20.6. The Balaban J connectivity index is 1.49. The molecule has 10 heteroatoms. The minimum atomic E-state index is -0.747. The van der Waals surface area contributed by atoms with E-state index in [0.29, 0.717) is 30.4 Å². The highest BCUT2D eigenvalue weighted by Gasteiger charge is 2.44. The van der Waals surface area contributed by atoms with Gasteiger partial charge in [-0.1, -0.05) is 6.92 Å². The first-order chi connectivity index (χ1) is 13.8. The van der Waals surface area contributed by atoms with Crippen molar-refractivity contribution in [3.05, 3.63) is 28.3 Å². The number of hydrogen-bond acceptors (Lipinski definition) is 8. The number of nitrogens with zero attached hydrogens (tertiary/aromatic N) is 1. The summed E-state index contributed by atoms with van der Waals surface area (Å²) in [6.07, 6.45) is -0.0555. The molecule has 2 aliphatic rings. The third-order valence-electron chi connectivity index (χ3n) is 5.12. The van der Waals surface area contributed by atoms with E-state index >= 15 is 0 Å². The van der Waals surface area contributed by atoms with Crippen LogP contribution < -0.4 is 14.8 Å². The minimum absolute atomic E-state index is 0.163. The second-order valence-electron chi connectivity index (χ2n) is 7.20. The van der Waals surface area contributed by atoms with Crippen LogP contribution in [0.25, 0.3) is 0 Å². The van der Waals surface area contributed by atoms with Crippen LogP contribution in [0.5, 0.6) is 11.5 Å². The number of benzene rings is 1. The monoisotopic (exact) mass is 406 g/mol. The smallest absolute Gasteiger partial charge is 0.307 e. The molecule has 1 aliphatic heterocycles. The summed E-state index contributed by atoms with van der Waals surface area (Å²) in [6, 6.07) is 4.90. The maximum absolute atomic E-state index is 12.1. The molecule has 1 aliphatic carbocycles. The van der Waals surface area contributed by atoms with E-state index in [9.17, 15) is 24.5 Å². The van der Waals surface area contributed by atoms with E-state index in [1.165, 1.54) is 0 Å². The van der Waals surface area contributed by atoms with E-state index in [1.807, 2.05) is 0 Å². The van der Waals surface area contributed by atoms with E-state index in [2.05, 4.69) is 5.32 Å². The predicted molar refractivity (Wildman–Crippen MR) is 99.3 cm³/mol. The molecule has 0 radical (unpaired) electrons. The molecule has 1 N–H and O–H groups in total. The summed E-state index contributed by atoms with van der Waals surface area (Å²) in [5.41, 5.74) is 0.459. The number of fused-ring (bicyclic) bond motifs is 1. The van der Waals surface area contributed by atoms with Gasteiger partial charge in [-0.05, 0) is 18.1 Å². The topological polar surface area (TPSA) is 134 Å². The molecule has 1 aromatic rings. The molecule has 1 saturated carbocycles. The van der Waals surface area contributed by atoms with Crippen molar-refractivity contribution < 1.29 is 33.5 Å². The van der Waals surface area contributed by atoms with Crippen molar-refractivity contribution in [1.82, 2.24) is 0 Å². The Bertz CT molecular complexity index is 824. The lowest BCUT2D eigenvalue weighted by atomic mass is 9.88. The van der Waals surface area contributed by atoms with Crippen molar-refractivity contribution in [1.29, 1.82) is 0 Å². The van der Waals surface area contributed by atoms with Crippen LogP contribution >= 0.6 is 0 Å². The van der Waals surface area contributed by atoms with Crippen LogP contribution in [-0.2, 0) is 19.1 Å². The van der Waals surface area contributed by atoms with Crippen molar-refractivity contribution in [3.63, 3.8) is 0 Å². The van der Waals surface area contributed by atoms with Crippen LogP contribution in [0, 0.1) is 27.9 Å². The van der Waals surface area contributed by atoms with Gasteiger partial charge in [-0.2, -0.15) is 0 Å². The molecule has 1 aromatic carbocycles. The predicted octanol–water partition coefficient (Wildman–Crippen LogP) is 1.45. The summed E-state index contributed by atoms with van der Waals surface area (Å²) < 4.78 is 15.8. The second kappa shape index (κ2) is 8.89. The normalized spacial score (nSPS) is 22.8. The largest absolute Gasteiger partial charge is 0.486 e. The van der Waals surface area contributed by atoms with Gasteiger partial charge in [0.05, 0.1) is 6.42 Å². The molecule has 10 nitrogen and oxygen atoms in total. The third-order valence-corrected chi connectivity index (χ3v) is 5.12. The van der Waals surface area contributed by atoms with Crippen LogP contribution in [0.1, 0.15) is 19.8 Å². The molecule has 3 rings (SSSR count). The number of carbonyl (C=O) groups excluding carboxylic acids is 3. The van der Waals surface area contributed by atoms with Gasteiger partial charge in [-0.25, -0.2) is 0 Å². The molecule has 29 heavy (non-hydrogen) atoms. The van der Waals surface area contributed by atoms with E-state index in [0.717, 1.165) is 0 Å². The number of rotatable bonds is 7. The van der Waals surface area contributed by atoms with Gasteiger partial charge < -0.3 is 19.5 Å². The summed E-state index contributed by atoms with van der Waals surface area (Å²) in [4.78, 5) is 46.5. The lowest BCUT2D eigenvalue weighted by molar-refractivity contribution is -0.490. The number of amides is 1. The molecular weight excluding hydrogens is 384 g/mol. The van der Waals surface area contributed by atoms with E-state index in [-0.39, 0.29) is 31.1 Å². The second-order valence-corrected chi connectivity index (χ2v) is 7.20.